The second kappa shape index (κ2) is 7.63. The molecule has 0 aliphatic carbocycles. The first-order valence-corrected chi connectivity index (χ1v) is 8.64. The smallest absolute Gasteiger partial charge is 0.317 e. The van der Waals surface area contributed by atoms with Crippen LogP contribution in [0.15, 0.2) is 30.3 Å². The molecule has 2 saturated heterocycles. The van der Waals surface area contributed by atoms with Gasteiger partial charge in [-0.2, -0.15) is 0 Å². The Balaban J connectivity index is 1.44. The number of benzene rings is 1. The van der Waals surface area contributed by atoms with Crippen molar-refractivity contribution in [2.45, 2.75) is 38.1 Å². The summed E-state index contributed by atoms with van der Waals surface area (Å²) in [6.07, 6.45) is 5.83. The van der Waals surface area contributed by atoms with Gasteiger partial charge in [0.1, 0.15) is 0 Å². The second-order valence-electron chi connectivity index (χ2n) is 6.46. The molecule has 0 aromatic heterocycles. The van der Waals surface area contributed by atoms with E-state index in [1.165, 1.54) is 31.5 Å². The summed E-state index contributed by atoms with van der Waals surface area (Å²) < 4.78 is 0. The number of likely N-dealkylation sites (tertiary alicyclic amines) is 2. The highest BCUT2D eigenvalue weighted by Gasteiger charge is 2.30. The summed E-state index contributed by atoms with van der Waals surface area (Å²) in [5.41, 5.74) is 1.28. The topological polar surface area (TPSA) is 35.6 Å². The van der Waals surface area contributed by atoms with Crippen LogP contribution in [0, 0.1) is 0 Å². The van der Waals surface area contributed by atoms with Crippen LogP contribution in [-0.4, -0.2) is 54.6 Å². The van der Waals surface area contributed by atoms with Crippen LogP contribution in [-0.2, 0) is 6.42 Å². The van der Waals surface area contributed by atoms with Crippen LogP contribution in [0.1, 0.15) is 31.2 Å². The Morgan fingerprint density at radius 2 is 1.86 bits per heavy atom. The summed E-state index contributed by atoms with van der Waals surface area (Å²) >= 11 is 0. The number of nitrogens with zero attached hydrogens (tertiary/aromatic N) is 2. The lowest BCUT2D eigenvalue weighted by molar-refractivity contribution is 0.175. The zero-order chi connectivity index (χ0) is 15.2. The van der Waals surface area contributed by atoms with E-state index in [0.717, 1.165) is 38.9 Å². The van der Waals surface area contributed by atoms with E-state index in [1.54, 1.807) is 0 Å². The molecule has 0 unspecified atom stereocenters. The molecule has 1 atom stereocenters. The molecule has 120 valence electrons. The highest BCUT2D eigenvalue weighted by atomic mass is 16.2. The van der Waals surface area contributed by atoms with Gasteiger partial charge in [0.05, 0.1) is 0 Å². The van der Waals surface area contributed by atoms with Gasteiger partial charge < -0.3 is 15.1 Å². The van der Waals surface area contributed by atoms with Crippen molar-refractivity contribution in [1.29, 1.82) is 0 Å². The first-order chi connectivity index (χ1) is 10.8. The van der Waals surface area contributed by atoms with Gasteiger partial charge in [0.25, 0.3) is 0 Å². The van der Waals surface area contributed by atoms with Crippen molar-refractivity contribution in [3.63, 3.8) is 0 Å². The Labute approximate surface area is 133 Å². The fourth-order valence-corrected chi connectivity index (χ4v) is 3.62. The van der Waals surface area contributed by atoms with E-state index in [9.17, 15) is 4.79 Å². The molecule has 2 fully saturated rings. The largest absolute Gasteiger partial charge is 0.338 e. The molecule has 0 saturated carbocycles. The average molecular weight is 301 g/mol. The lowest BCUT2D eigenvalue weighted by Gasteiger charge is -2.28. The Kier molecular flexibility index (Phi) is 5.33. The van der Waals surface area contributed by atoms with Crippen LogP contribution in [0.25, 0.3) is 0 Å². The minimum absolute atomic E-state index is 0.123. The van der Waals surface area contributed by atoms with Crippen LogP contribution in [0.2, 0.25) is 0 Å². The van der Waals surface area contributed by atoms with Gasteiger partial charge in [0.2, 0.25) is 0 Å². The normalized spacial score (nSPS) is 22.2. The molecular weight excluding hydrogens is 274 g/mol. The quantitative estimate of drug-likeness (QED) is 0.907. The molecule has 0 spiro atoms. The van der Waals surface area contributed by atoms with E-state index in [4.69, 9.17) is 0 Å². The molecule has 0 bridgehead atoms. The molecule has 2 heterocycles. The maximum absolute atomic E-state index is 12.4. The number of urea groups is 1. The van der Waals surface area contributed by atoms with Gasteiger partial charge in [0, 0.05) is 25.7 Å². The van der Waals surface area contributed by atoms with E-state index in [0.29, 0.717) is 6.04 Å². The lowest BCUT2D eigenvalue weighted by Crippen LogP contribution is -2.47. The summed E-state index contributed by atoms with van der Waals surface area (Å²) in [4.78, 5) is 17.0. The summed E-state index contributed by atoms with van der Waals surface area (Å²) in [7, 11) is 0. The van der Waals surface area contributed by atoms with Crippen LogP contribution >= 0.6 is 0 Å². The molecule has 4 nitrogen and oxygen atoms in total. The molecule has 2 aliphatic heterocycles. The van der Waals surface area contributed by atoms with Gasteiger partial charge in [-0.1, -0.05) is 30.3 Å². The minimum atomic E-state index is 0.123. The predicted molar refractivity (Wildman–Crippen MR) is 88.9 cm³/mol. The summed E-state index contributed by atoms with van der Waals surface area (Å²) in [5.74, 6) is 0. The monoisotopic (exact) mass is 301 g/mol. The van der Waals surface area contributed by atoms with E-state index in [1.807, 2.05) is 18.2 Å². The molecule has 3 rings (SSSR count). The molecule has 1 N–H and O–H groups in total. The fraction of sp³-hybridized carbons (Fsp3) is 0.611. The molecule has 0 radical (unpaired) electrons. The predicted octanol–water partition coefficient (Wildman–Crippen LogP) is 2.50. The Morgan fingerprint density at radius 3 is 2.64 bits per heavy atom. The second-order valence-corrected chi connectivity index (χ2v) is 6.46. The summed E-state index contributed by atoms with van der Waals surface area (Å²) in [6, 6.07) is 10.9. The fourth-order valence-electron chi connectivity index (χ4n) is 3.62. The molecule has 1 aromatic rings. The van der Waals surface area contributed by atoms with Crippen LogP contribution in [0.4, 0.5) is 4.79 Å². The number of carbonyl (C=O) groups excluding carboxylic acids is 1. The highest BCUT2D eigenvalue weighted by Crippen LogP contribution is 2.20. The lowest BCUT2D eigenvalue weighted by atomic mass is 10.1. The number of amides is 2. The molecule has 1 aromatic carbocycles. The SMILES string of the molecule is O=C(NCCc1ccccc1)N1CCC[C@H]1CN1CCCC1. The summed E-state index contributed by atoms with van der Waals surface area (Å²) in [6.45, 7) is 5.11. The molecule has 2 amide bonds. The summed E-state index contributed by atoms with van der Waals surface area (Å²) in [5, 5.41) is 3.10. The molecule has 22 heavy (non-hydrogen) atoms. The minimum Gasteiger partial charge on any atom is -0.338 e. The molecular formula is C18H27N3O. The van der Waals surface area contributed by atoms with Crippen molar-refractivity contribution in [2.75, 3.05) is 32.7 Å². The van der Waals surface area contributed by atoms with Gasteiger partial charge in [-0.3, -0.25) is 0 Å². The number of hydrogen-bond acceptors (Lipinski definition) is 2. The number of rotatable bonds is 5. The molecule has 2 aliphatic rings. The Bertz CT molecular complexity index is 470. The van der Waals surface area contributed by atoms with Crippen molar-refractivity contribution >= 4 is 6.03 Å². The van der Waals surface area contributed by atoms with Crippen LogP contribution < -0.4 is 5.32 Å². The van der Waals surface area contributed by atoms with Crippen molar-refractivity contribution in [2.24, 2.45) is 0 Å². The third-order valence-electron chi connectivity index (χ3n) is 4.84. The third-order valence-corrected chi connectivity index (χ3v) is 4.84. The van der Waals surface area contributed by atoms with Gasteiger partial charge in [-0.05, 0) is 50.8 Å². The maximum atomic E-state index is 12.4. The standard InChI is InChI=1S/C18H27N3O/c22-18(19-11-10-16-7-2-1-3-8-16)21-14-6-9-17(21)15-20-12-4-5-13-20/h1-3,7-8,17H,4-6,9-15H2,(H,19,22)/t17-/m0/s1. The maximum Gasteiger partial charge on any atom is 0.317 e. The average Bonchev–Trinajstić information content (AvgIpc) is 3.20. The van der Waals surface area contributed by atoms with Crippen LogP contribution in [0.3, 0.4) is 0 Å². The highest BCUT2D eigenvalue weighted by molar-refractivity contribution is 5.74. The van der Waals surface area contributed by atoms with E-state index >= 15 is 0 Å². The van der Waals surface area contributed by atoms with Crippen LogP contribution in [0.5, 0.6) is 0 Å². The van der Waals surface area contributed by atoms with Gasteiger partial charge in [-0.25, -0.2) is 4.79 Å². The number of nitrogens with one attached hydrogen (secondary N) is 1. The third kappa shape index (κ3) is 4.01. The van der Waals surface area contributed by atoms with Gasteiger partial charge in [-0.15, -0.1) is 0 Å². The van der Waals surface area contributed by atoms with Gasteiger partial charge in [0.15, 0.2) is 0 Å². The first kappa shape index (κ1) is 15.3. The molecule has 4 heteroatoms. The first-order valence-electron chi connectivity index (χ1n) is 8.64. The van der Waals surface area contributed by atoms with Crippen molar-refractivity contribution < 1.29 is 4.79 Å². The van der Waals surface area contributed by atoms with E-state index in [2.05, 4.69) is 27.2 Å². The zero-order valence-corrected chi connectivity index (χ0v) is 13.3. The number of hydrogen-bond donors (Lipinski definition) is 1. The van der Waals surface area contributed by atoms with Crippen molar-refractivity contribution in [3.8, 4) is 0 Å². The van der Waals surface area contributed by atoms with E-state index < -0.39 is 0 Å². The van der Waals surface area contributed by atoms with E-state index in [-0.39, 0.29) is 6.03 Å². The Morgan fingerprint density at radius 1 is 1.09 bits per heavy atom. The Hall–Kier alpha value is -1.55. The zero-order valence-electron chi connectivity index (χ0n) is 13.3. The van der Waals surface area contributed by atoms with Crippen molar-refractivity contribution in [1.82, 2.24) is 15.1 Å². The van der Waals surface area contributed by atoms with Gasteiger partial charge >= 0.3 is 6.03 Å². The number of carbonyl (C=O) groups is 1. The van der Waals surface area contributed by atoms with Crippen molar-refractivity contribution in [3.05, 3.63) is 35.9 Å².